The molecule has 1 fully saturated rings. The third-order valence-corrected chi connectivity index (χ3v) is 5.28. The van der Waals surface area contributed by atoms with Crippen LogP contribution in [0.2, 0.25) is 0 Å². The molecule has 3 nitrogen and oxygen atoms in total. The second-order valence-electron chi connectivity index (χ2n) is 6.92. The number of hydrogen-bond donors (Lipinski definition) is 1. The number of amides is 1. The molecule has 0 radical (unpaired) electrons. The molecule has 0 spiro atoms. The average molecular weight is 323 g/mol. The van der Waals surface area contributed by atoms with Crippen molar-refractivity contribution in [1.29, 1.82) is 0 Å². The van der Waals surface area contributed by atoms with Gasteiger partial charge in [-0.05, 0) is 36.3 Å². The van der Waals surface area contributed by atoms with E-state index < -0.39 is 23.3 Å². The number of nitrogens with zero attached hydrogens (tertiary/aromatic N) is 1. The summed E-state index contributed by atoms with van der Waals surface area (Å²) in [4.78, 5) is 14.0. The highest BCUT2D eigenvalue weighted by Crippen LogP contribution is 2.36. The van der Waals surface area contributed by atoms with E-state index in [-0.39, 0.29) is 12.1 Å². The SMILES string of the molecule is CCCC1CCC(CN2Cc3cc(F)c(O)c(F)c3C2=O)CC1. The number of benzene rings is 1. The molecule has 126 valence electrons. The van der Waals surface area contributed by atoms with Gasteiger partial charge < -0.3 is 10.0 Å². The molecule has 0 unspecified atom stereocenters. The van der Waals surface area contributed by atoms with Crippen LogP contribution in [0.4, 0.5) is 8.78 Å². The van der Waals surface area contributed by atoms with Gasteiger partial charge in [-0.3, -0.25) is 4.79 Å². The second kappa shape index (κ2) is 6.46. The van der Waals surface area contributed by atoms with Gasteiger partial charge in [0.05, 0.1) is 5.56 Å². The molecule has 1 aromatic carbocycles. The maximum Gasteiger partial charge on any atom is 0.257 e. The Kier molecular flexibility index (Phi) is 4.55. The zero-order chi connectivity index (χ0) is 16.6. The Labute approximate surface area is 135 Å². The average Bonchev–Trinajstić information content (AvgIpc) is 2.83. The van der Waals surface area contributed by atoms with Crippen LogP contribution in [-0.2, 0) is 6.54 Å². The fraction of sp³-hybridized carbons (Fsp3) is 0.611. The zero-order valence-electron chi connectivity index (χ0n) is 13.4. The minimum absolute atomic E-state index is 0.163. The third kappa shape index (κ3) is 3.06. The summed E-state index contributed by atoms with van der Waals surface area (Å²) < 4.78 is 27.4. The topological polar surface area (TPSA) is 40.5 Å². The van der Waals surface area contributed by atoms with Crippen LogP contribution in [0.3, 0.4) is 0 Å². The summed E-state index contributed by atoms with van der Waals surface area (Å²) in [6, 6.07) is 1.07. The first kappa shape index (κ1) is 16.2. The van der Waals surface area contributed by atoms with Gasteiger partial charge in [0.1, 0.15) is 0 Å². The summed E-state index contributed by atoms with van der Waals surface area (Å²) >= 11 is 0. The summed E-state index contributed by atoms with van der Waals surface area (Å²) in [5.74, 6) is -2.38. The lowest BCUT2D eigenvalue weighted by Crippen LogP contribution is -2.32. The fourth-order valence-electron chi connectivity index (χ4n) is 4.02. The van der Waals surface area contributed by atoms with Crippen LogP contribution in [0.5, 0.6) is 5.75 Å². The number of phenols is 1. The van der Waals surface area contributed by atoms with Gasteiger partial charge in [-0.1, -0.05) is 32.6 Å². The summed E-state index contributed by atoms with van der Waals surface area (Å²) in [5.41, 5.74) is 0.172. The van der Waals surface area contributed by atoms with Crippen molar-refractivity contribution >= 4 is 5.91 Å². The molecule has 1 aliphatic heterocycles. The standard InChI is InChI=1S/C18H23F2NO2/c1-2-3-11-4-6-12(7-5-11)9-21-10-13-8-14(19)17(22)16(20)15(13)18(21)23/h8,11-12,22H,2-7,9-10H2,1H3. The first-order valence-electron chi connectivity index (χ1n) is 8.50. The van der Waals surface area contributed by atoms with Crippen LogP contribution in [-0.4, -0.2) is 22.5 Å². The molecule has 2 aliphatic rings. The predicted molar refractivity (Wildman–Crippen MR) is 83.1 cm³/mol. The Bertz CT molecular complexity index is 610. The Morgan fingerprint density at radius 2 is 1.87 bits per heavy atom. The van der Waals surface area contributed by atoms with Crippen molar-refractivity contribution in [2.75, 3.05) is 6.54 Å². The number of carbonyl (C=O) groups excluding carboxylic acids is 1. The lowest BCUT2D eigenvalue weighted by Gasteiger charge is -2.31. The van der Waals surface area contributed by atoms with E-state index in [1.807, 2.05) is 0 Å². The van der Waals surface area contributed by atoms with Crippen LogP contribution in [0.1, 0.15) is 61.4 Å². The van der Waals surface area contributed by atoms with Gasteiger partial charge in [0, 0.05) is 13.1 Å². The van der Waals surface area contributed by atoms with E-state index in [9.17, 15) is 18.7 Å². The van der Waals surface area contributed by atoms with Crippen molar-refractivity contribution < 1.29 is 18.7 Å². The van der Waals surface area contributed by atoms with Crippen molar-refractivity contribution in [3.63, 3.8) is 0 Å². The number of halogens is 2. The highest BCUT2D eigenvalue weighted by molar-refractivity contribution is 5.99. The Balaban J connectivity index is 1.66. The van der Waals surface area contributed by atoms with Gasteiger partial charge in [0.25, 0.3) is 5.91 Å². The van der Waals surface area contributed by atoms with Crippen LogP contribution >= 0.6 is 0 Å². The van der Waals surface area contributed by atoms with Crippen LogP contribution in [0.25, 0.3) is 0 Å². The first-order valence-corrected chi connectivity index (χ1v) is 8.50. The van der Waals surface area contributed by atoms with Gasteiger partial charge in [-0.25, -0.2) is 8.78 Å². The summed E-state index contributed by atoms with van der Waals surface area (Å²) in [7, 11) is 0. The zero-order valence-corrected chi connectivity index (χ0v) is 13.4. The minimum Gasteiger partial charge on any atom is -0.503 e. The molecule has 1 aromatic rings. The van der Waals surface area contributed by atoms with E-state index in [2.05, 4.69) is 6.92 Å². The Morgan fingerprint density at radius 1 is 1.22 bits per heavy atom. The minimum atomic E-state index is -1.13. The normalized spacial score (nSPS) is 24.1. The van der Waals surface area contributed by atoms with E-state index >= 15 is 0 Å². The van der Waals surface area contributed by atoms with Gasteiger partial charge >= 0.3 is 0 Å². The van der Waals surface area contributed by atoms with Crippen LogP contribution in [0, 0.1) is 23.5 Å². The molecule has 1 N–H and O–H groups in total. The third-order valence-electron chi connectivity index (χ3n) is 5.28. The maximum absolute atomic E-state index is 14.0. The highest BCUT2D eigenvalue weighted by Gasteiger charge is 2.35. The molecule has 1 amide bonds. The fourth-order valence-corrected chi connectivity index (χ4v) is 4.02. The number of phenolic OH excluding ortho intramolecular Hbond substituents is 1. The predicted octanol–water partition coefficient (Wildman–Crippen LogP) is 4.23. The van der Waals surface area contributed by atoms with Gasteiger partial charge in [0.15, 0.2) is 17.4 Å². The van der Waals surface area contributed by atoms with E-state index in [1.54, 1.807) is 4.90 Å². The lowest BCUT2D eigenvalue weighted by atomic mass is 9.80. The molecule has 5 heteroatoms. The molecule has 23 heavy (non-hydrogen) atoms. The molecule has 0 bridgehead atoms. The van der Waals surface area contributed by atoms with E-state index in [0.717, 1.165) is 24.8 Å². The summed E-state index contributed by atoms with van der Waals surface area (Å²) in [5, 5.41) is 9.35. The lowest BCUT2D eigenvalue weighted by molar-refractivity contribution is 0.0725. The molecular formula is C18H23F2NO2. The molecule has 1 aliphatic carbocycles. The number of fused-ring (bicyclic) bond motifs is 1. The monoisotopic (exact) mass is 323 g/mol. The smallest absolute Gasteiger partial charge is 0.257 e. The quantitative estimate of drug-likeness (QED) is 0.900. The van der Waals surface area contributed by atoms with E-state index in [0.29, 0.717) is 18.0 Å². The van der Waals surface area contributed by atoms with Crippen molar-refractivity contribution in [2.45, 2.75) is 52.0 Å². The summed E-state index contributed by atoms with van der Waals surface area (Å²) in [6.07, 6.45) is 7.04. The number of carbonyl (C=O) groups is 1. The molecule has 0 saturated heterocycles. The molecule has 3 rings (SSSR count). The molecule has 1 saturated carbocycles. The molecule has 1 heterocycles. The molecule has 0 aromatic heterocycles. The number of aromatic hydroxyl groups is 1. The Hall–Kier alpha value is -1.65. The number of rotatable bonds is 4. The maximum atomic E-state index is 14.0. The number of hydrogen-bond acceptors (Lipinski definition) is 2. The first-order chi connectivity index (χ1) is 11.0. The van der Waals surface area contributed by atoms with Crippen LogP contribution < -0.4 is 0 Å². The largest absolute Gasteiger partial charge is 0.503 e. The van der Waals surface area contributed by atoms with E-state index in [4.69, 9.17) is 0 Å². The Morgan fingerprint density at radius 3 is 2.52 bits per heavy atom. The van der Waals surface area contributed by atoms with Gasteiger partial charge in [0.2, 0.25) is 0 Å². The van der Waals surface area contributed by atoms with Gasteiger partial charge in [-0.15, -0.1) is 0 Å². The van der Waals surface area contributed by atoms with Crippen molar-refractivity contribution in [2.24, 2.45) is 11.8 Å². The van der Waals surface area contributed by atoms with Crippen LogP contribution in [0.15, 0.2) is 6.07 Å². The van der Waals surface area contributed by atoms with Gasteiger partial charge in [-0.2, -0.15) is 0 Å². The van der Waals surface area contributed by atoms with Crippen molar-refractivity contribution in [1.82, 2.24) is 4.90 Å². The van der Waals surface area contributed by atoms with E-state index in [1.165, 1.54) is 25.7 Å². The molecule has 0 atom stereocenters. The summed E-state index contributed by atoms with van der Waals surface area (Å²) in [6.45, 7) is 3.03. The van der Waals surface area contributed by atoms with Crippen molar-refractivity contribution in [3.05, 3.63) is 28.8 Å². The highest BCUT2D eigenvalue weighted by atomic mass is 19.1. The molecular weight excluding hydrogens is 300 g/mol. The second-order valence-corrected chi connectivity index (χ2v) is 6.92. The van der Waals surface area contributed by atoms with Crippen molar-refractivity contribution in [3.8, 4) is 5.75 Å².